The Kier molecular flexibility index (Phi) is 5.65. The van der Waals surface area contributed by atoms with Gasteiger partial charge >= 0.3 is 5.97 Å². The maximum atomic E-state index is 10.6. The van der Waals surface area contributed by atoms with Gasteiger partial charge in [0.05, 0.1) is 6.10 Å². The maximum absolute atomic E-state index is 10.6. The van der Waals surface area contributed by atoms with Gasteiger partial charge in [-0.1, -0.05) is 26.2 Å². The third-order valence-corrected chi connectivity index (χ3v) is 2.74. The van der Waals surface area contributed by atoms with Gasteiger partial charge in [0.25, 0.3) is 0 Å². The van der Waals surface area contributed by atoms with E-state index in [0.29, 0.717) is 13.0 Å². The first-order valence-electron chi connectivity index (χ1n) is 5.81. The Hall–Kier alpha value is -0.610. The second kappa shape index (κ2) is 6.80. The van der Waals surface area contributed by atoms with Gasteiger partial charge in [-0.15, -0.1) is 0 Å². The summed E-state index contributed by atoms with van der Waals surface area (Å²) in [5.74, 6) is -0.771. The van der Waals surface area contributed by atoms with Crippen LogP contribution in [0.1, 0.15) is 39.0 Å². The minimum absolute atomic E-state index is 0.0905. The number of unbranched alkanes of at least 4 members (excludes halogenated alkanes) is 3. The molecule has 2 N–H and O–H groups in total. The molecule has 88 valence electrons. The van der Waals surface area contributed by atoms with Crippen molar-refractivity contribution in [2.24, 2.45) is 0 Å². The first kappa shape index (κ1) is 12.5. The van der Waals surface area contributed by atoms with Crippen molar-refractivity contribution in [3.8, 4) is 0 Å². The fourth-order valence-electron chi connectivity index (χ4n) is 1.80. The number of ether oxygens (including phenoxy) is 1. The van der Waals surface area contributed by atoms with Gasteiger partial charge in [-0.2, -0.15) is 0 Å². The van der Waals surface area contributed by atoms with Crippen LogP contribution in [0.15, 0.2) is 0 Å². The van der Waals surface area contributed by atoms with Crippen LogP contribution in [0.25, 0.3) is 0 Å². The van der Waals surface area contributed by atoms with Crippen LogP contribution in [0.3, 0.4) is 0 Å². The predicted molar refractivity (Wildman–Crippen MR) is 57.9 cm³/mol. The van der Waals surface area contributed by atoms with Crippen LogP contribution in [-0.2, 0) is 9.53 Å². The molecule has 0 saturated carbocycles. The number of carbonyl (C=O) groups is 1. The van der Waals surface area contributed by atoms with Crippen molar-refractivity contribution in [2.45, 2.75) is 51.2 Å². The van der Waals surface area contributed by atoms with Crippen molar-refractivity contribution < 1.29 is 14.6 Å². The SMILES string of the molecule is CCCCCCO[C@H]1CN[C@H](C(=O)O)C1. The van der Waals surface area contributed by atoms with E-state index in [4.69, 9.17) is 9.84 Å². The summed E-state index contributed by atoms with van der Waals surface area (Å²) in [5, 5.41) is 11.7. The summed E-state index contributed by atoms with van der Waals surface area (Å²) in [6.45, 7) is 3.61. The molecule has 1 rings (SSSR count). The van der Waals surface area contributed by atoms with Crippen molar-refractivity contribution in [2.75, 3.05) is 13.2 Å². The molecule has 1 aliphatic heterocycles. The van der Waals surface area contributed by atoms with Crippen LogP contribution in [-0.4, -0.2) is 36.4 Å². The molecular formula is C11H21NO3. The Morgan fingerprint density at radius 3 is 2.87 bits per heavy atom. The molecular weight excluding hydrogens is 194 g/mol. The smallest absolute Gasteiger partial charge is 0.320 e. The van der Waals surface area contributed by atoms with E-state index < -0.39 is 12.0 Å². The van der Waals surface area contributed by atoms with Crippen LogP contribution >= 0.6 is 0 Å². The zero-order valence-electron chi connectivity index (χ0n) is 9.37. The Morgan fingerprint density at radius 2 is 2.27 bits per heavy atom. The quantitative estimate of drug-likeness (QED) is 0.630. The molecule has 0 aromatic carbocycles. The number of rotatable bonds is 7. The lowest BCUT2D eigenvalue weighted by Crippen LogP contribution is -2.29. The molecule has 4 nitrogen and oxygen atoms in total. The first-order chi connectivity index (χ1) is 7.24. The zero-order chi connectivity index (χ0) is 11.1. The van der Waals surface area contributed by atoms with Crippen molar-refractivity contribution >= 4 is 5.97 Å². The van der Waals surface area contributed by atoms with E-state index in [1.165, 1.54) is 19.3 Å². The van der Waals surface area contributed by atoms with Crippen molar-refractivity contribution in [1.29, 1.82) is 0 Å². The molecule has 2 atom stereocenters. The van der Waals surface area contributed by atoms with Crippen LogP contribution in [0.4, 0.5) is 0 Å². The summed E-state index contributed by atoms with van der Waals surface area (Å²) >= 11 is 0. The van der Waals surface area contributed by atoms with Gasteiger partial charge in [0, 0.05) is 19.6 Å². The Balaban J connectivity index is 2.01. The molecule has 0 spiro atoms. The highest BCUT2D eigenvalue weighted by molar-refractivity contribution is 5.73. The fourth-order valence-corrected chi connectivity index (χ4v) is 1.80. The van der Waals surface area contributed by atoms with Gasteiger partial charge in [-0.05, 0) is 6.42 Å². The van der Waals surface area contributed by atoms with Gasteiger partial charge in [0.1, 0.15) is 6.04 Å². The molecule has 0 aliphatic carbocycles. The molecule has 0 aromatic heterocycles. The molecule has 1 fully saturated rings. The minimum atomic E-state index is -0.771. The summed E-state index contributed by atoms with van der Waals surface area (Å²) < 4.78 is 5.60. The maximum Gasteiger partial charge on any atom is 0.320 e. The van der Waals surface area contributed by atoms with Crippen LogP contribution < -0.4 is 5.32 Å². The largest absolute Gasteiger partial charge is 0.480 e. The highest BCUT2D eigenvalue weighted by atomic mass is 16.5. The molecule has 0 aromatic rings. The molecule has 1 aliphatic rings. The Labute approximate surface area is 91.0 Å². The number of carboxylic acids is 1. The number of hydrogen-bond acceptors (Lipinski definition) is 3. The monoisotopic (exact) mass is 215 g/mol. The fraction of sp³-hybridized carbons (Fsp3) is 0.909. The normalized spacial score (nSPS) is 25.7. The lowest BCUT2D eigenvalue weighted by atomic mass is 10.2. The highest BCUT2D eigenvalue weighted by Gasteiger charge is 2.29. The third kappa shape index (κ3) is 4.62. The summed E-state index contributed by atoms with van der Waals surface area (Å²) in [6, 6.07) is -0.411. The molecule has 0 radical (unpaired) electrons. The average molecular weight is 215 g/mol. The summed E-state index contributed by atoms with van der Waals surface area (Å²) in [4.78, 5) is 10.6. The van der Waals surface area contributed by atoms with E-state index in [0.717, 1.165) is 13.0 Å². The second-order valence-electron chi connectivity index (χ2n) is 4.09. The number of hydrogen-bond donors (Lipinski definition) is 2. The minimum Gasteiger partial charge on any atom is -0.480 e. The highest BCUT2D eigenvalue weighted by Crippen LogP contribution is 2.11. The standard InChI is InChI=1S/C11H21NO3/c1-2-3-4-5-6-15-9-7-10(11(13)14)12-8-9/h9-10,12H,2-8H2,1H3,(H,13,14)/t9-,10+/m1/s1. The third-order valence-electron chi connectivity index (χ3n) is 2.74. The van der Waals surface area contributed by atoms with E-state index in [-0.39, 0.29) is 6.10 Å². The first-order valence-corrected chi connectivity index (χ1v) is 5.81. The van der Waals surface area contributed by atoms with Crippen LogP contribution in [0.2, 0.25) is 0 Å². The van der Waals surface area contributed by atoms with Gasteiger partial charge < -0.3 is 15.2 Å². The van der Waals surface area contributed by atoms with E-state index in [2.05, 4.69) is 12.2 Å². The molecule has 1 heterocycles. The molecule has 0 bridgehead atoms. The van der Waals surface area contributed by atoms with Crippen LogP contribution in [0.5, 0.6) is 0 Å². The number of carboxylic acid groups (broad SMARTS) is 1. The van der Waals surface area contributed by atoms with Crippen molar-refractivity contribution in [3.05, 3.63) is 0 Å². The number of aliphatic carboxylic acids is 1. The lowest BCUT2D eigenvalue weighted by Gasteiger charge is -2.09. The molecule has 0 amide bonds. The van der Waals surface area contributed by atoms with E-state index in [1.807, 2.05) is 0 Å². The second-order valence-corrected chi connectivity index (χ2v) is 4.09. The number of nitrogens with one attached hydrogen (secondary N) is 1. The van der Waals surface area contributed by atoms with Gasteiger partial charge in [0.15, 0.2) is 0 Å². The molecule has 0 unspecified atom stereocenters. The van der Waals surface area contributed by atoms with E-state index >= 15 is 0 Å². The summed E-state index contributed by atoms with van der Waals surface area (Å²) in [6.07, 6.45) is 5.47. The van der Waals surface area contributed by atoms with Crippen molar-refractivity contribution in [3.63, 3.8) is 0 Å². The lowest BCUT2D eigenvalue weighted by molar-refractivity contribution is -0.139. The summed E-state index contributed by atoms with van der Waals surface area (Å²) in [5.41, 5.74) is 0. The molecule has 1 saturated heterocycles. The van der Waals surface area contributed by atoms with E-state index in [9.17, 15) is 4.79 Å². The Bertz CT molecular complexity index is 196. The van der Waals surface area contributed by atoms with Gasteiger partial charge in [-0.25, -0.2) is 0 Å². The molecule has 4 heteroatoms. The topological polar surface area (TPSA) is 58.6 Å². The van der Waals surface area contributed by atoms with Crippen molar-refractivity contribution in [1.82, 2.24) is 5.32 Å². The summed E-state index contributed by atoms with van der Waals surface area (Å²) in [7, 11) is 0. The van der Waals surface area contributed by atoms with E-state index in [1.54, 1.807) is 0 Å². The van der Waals surface area contributed by atoms with Gasteiger partial charge in [-0.3, -0.25) is 4.79 Å². The molecule has 15 heavy (non-hydrogen) atoms. The van der Waals surface area contributed by atoms with Crippen LogP contribution in [0, 0.1) is 0 Å². The average Bonchev–Trinajstić information content (AvgIpc) is 2.66. The Morgan fingerprint density at radius 1 is 1.47 bits per heavy atom. The zero-order valence-corrected chi connectivity index (χ0v) is 9.37. The van der Waals surface area contributed by atoms with Gasteiger partial charge in [0.2, 0.25) is 0 Å². The predicted octanol–water partition coefficient (Wildman–Crippen LogP) is 1.40.